The molecule has 0 atom stereocenters. The van der Waals surface area contributed by atoms with E-state index in [1.807, 2.05) is 24.3 Å². The normalized spacial score (nSPS) is 14.7. The number of unbranched alkanes of at least 4 members (excludes halogenated alkanes) is 1. The number of halogens is 1. The first-order valence-electron chi connectivity index (χ1n) is 9.88. The Morgan fingerprint density at radius 1 is 0.964 bits per heavy atom. The fourth-order valence-corrected chi connectivity index (χ4v) is 3.55. The molecule has 150 valence electrons. The lowest BCUT2D eigenvalue weighted by molar-refractivity contribution is -0.123. The number of amides is 1. The van der Waals surface area contributed by atoms with E-state index >= 15 is 0 Å². The van der Waals surface area contributed by atoms with E-state index < -0.39 is 0 Å². The van der Waals surface area contributed by atoms with Crippen molar-refractivity contribution in [1.29, 1.82) is 0 Å². The molecule has 2 aromatic carbocycles. The molecule has 1 amide bonds. The Bertz CT molecular complexity index is 716. The van der Waals surface area contributed by atoms with E-state index in [-0.39, 0.29) is 12.5 Å². The first kappa shape index (κ1) is 20.7. The number of anilines is 1. The van der Waals surface area contributed by atoms with Gasteiger partial charge in [-0.15, -0.1) is 0 Å². The number of carbonyl (C=O) groups excluding carboxylic acids is 1. The largest absolute Gasteiger partial charge is 0.484 e. The Balaban J connectivity index is 1.22. The number of rotatable bonds is 9. The zero-order valence-electron chi connectivity index (χ0n) is 16.1. The second kappa shape index (κ2) is 11.1. The molecule has 6 heteroatoms. The standard InChI is InChI=1S/C22H28BrN3O2/c23-19-8-10-21(11-9-19)28-18-22(27)24-12-4-5-13-25-14-16-26(17-15-25)20-6-2-1-3-7-20/h1-3,6-11H,4-5,12-18H2,(H,24,27). The van der Waals surface area contributed by atoms with E-state index in [0.29, 0.717) is 12.3 Å². The number of nitrogens with one attached hydrogen (secondary N) is 1. The van der Waals surface area contributed by atoms with Crippen LogP contribution in [0.3, 0.4) is 0 Å². The second-order valence-electron chi connectivity index (χ2n) is 6.96. The van der Waals surface area contributed by atoms with E-state index in [0.717, 1.165) is 50.0 Å². The third-order valence-electron chi connectivity index (χ3n) is 4.90. The lowest BCUT2D eigenvalue weighted by Crippen LogP contribution is -2.46. The number of ether oxygens (including phenoxy) is 1. The highest BCUT2D eigenvalue weighted by Gasteiger charge is 2.16. The fraction of sp³-hybridized carbons (Fsp3) is 0.409. The van der Waals surface area contributed by atoms with Gasteiger partial charge in [-0.3, -0.25) is 9.69 Å². The summed E-state index contributed by atoms with van der Waals surface area (Å²) in [6.07, 6.45) is 2.09. The molecule has 1 fully saturated rings. The smallest absolute Gasteiger partial charge is 0.257 e. The Labute approximate surface area is 175 Å². The first-order valence-corrected chi connectivity index (χ1v) is 10.7. The van der Waals surface area contributed by atoms with Crippen molar-refractivity contribution < 1.29 is 9.53 Å². The topological polar surface area (TPSA) is 44.8 Å². The van der Waals surface area contributed by atoms with Crippen LogP contribution in [-0.2, 0) is 4.79 Å². The highest BCUT2D eigenvalue weighted by molar-refractivity contribution is 9.10. The van der Waals surface area contributed by atoms with E-state index in [1.165, 1.54) is 5.69 Å². The molecule has 0 radical (unpaired) electrons. The molecule has 3 rings (SSSR count). The predicted molar refractivity (Wildman–Crippen MR) is 117 cm³/mol. The highest BCUT2D eigenvalue weighted by Crippen LogP contribution is 2.16. The minimum Gasteiger partial charge on any atom is -0.484 e. The molecule has 0 bridgehead atoms. The van der Waals surface area contributed by atoms with E-state index in [9.17, 15) is 4.79 Å². The van der Waals surface area contributed by atoms with Crippen LogP contribution in [0.2, 0.25) is 0 Å². The van der Waals surface area contributed by atoms with Crippen molar-refractivity contribution >= 4 is 27.5 Å². The number of para-hydroxylation sites is 1. The van der Waals surface area contributed by atoms with Crippen LogP contribution in [0.25, 0.3) is 0 Å². The molecular weight excluding hydrogens is 418 g/mol. The average molecular weight is 446 g/mol. The third kappa shape index (κ3) is 6.84. The van der Waals surface area contributed by atoms with Crippen LogP contribution in [0.4, 0.5) is 5.69 Å². The van der Waals surface area contributed by atoms with Crippen LogP contribution < -0.4 is 15.0 Å². The summed E-state index contributed by atoms with van der Waals surface area (Å²) in [5.41, 5.74) is 1.32. The number of carbonyl (C=O) groups is 1. The molecule has 0 saturated carbocycles. The summed E-state index contributed by atoms with van der Waals surface area (Å²) in [6.45, 7) is 6.20. The number of benzene rings is 2. The van der Waals surface area contributed by atoms with Crippen molar-refractivity contribution in [2.24, 2.45) is 0 Å². The maximum absolute atomic E-state index is 11.9. The van der Waals surface area contributed by atoms with E-state index in [4.69, 9.17) is 4.74 Å². The highest BCUT2D eigenvalue weighted by atomic mass is 79.9. The summed E-state index contributed by atoms with van der Waals surface area (Å²) in [4.78, 5) is 16.8. The van der Waals surface area contributed by atoms with Crippen molar-refractivity contribution in [2.45, 2.75) is 12.8 Å². The van der Waals surface area contributed by atoms with Gasteiger partial charge in [-0.05, 0) is 55.8 Å². The molecule has 1 aliphatic heterocycles. The molecule has 5 nitrogen and oxygen atoms in total. The molecule has 0 spiro atoms. The SMILES string of the molecule is O=C(COc1ccc(Br)cc1)NCCCCN1CCN(c2ccccc2)CC1. The van der Waals surface area contributed by atoms with Gasteiger partial charge >= 0.3 is 0 Å². The Morgan fingerprint density at radius 2 is 1.68 bits per heavy atom. The quantitative estimate of drug-likeness (QED) is 0.599. The lowest BCUT2D eigenvalue weighted by atomic mass is 10.2. The van der Waals surface area contributed by atoms with Gasteiger partial charge in [-0.1, -0.05) is 34.1 Å². The van der Waals surface area contributed by atoms with Crippen molar-refractivity contribution in [3.63, 3.8) is 0 Å². The van der Waals surface area contributed by atoms with E-state index in [1.54, 1.807) is 0 Å². The van der Waals surface area contributed by atoms with Gasteiger partial charge in [0.05, 0.1) is 0 Å². The minimum absolute atomic E-state index is 0.0586. The molecule has 28 heavy (non-hydrogen) atoms. The molecule has 0 aliphatic carbocycles. The zero-order valence-corrected chi connectivity index (χ0v) is 17.7. The first-order chi connectivity index (χ1) is 13.7. The van der Waals surface area contributed by atoms with Crippen LogP contribution in [0.15, 0.2) is 59.1 Å². The number of piperazine rings is 1. The summed E-state index contributed by atoms with van der Waals surface area (Å²) in [6, 6.07) is 18.1. The summed E-state index contributed by atoms with van der Waals surface area (Å²) in [5, 5.41) is 2.93. The number of hydrogen-bond donors (Lipinski definition) is 1. The van der Waals surface area contributed by atoms with Gasteiger partial charge in [-0.25, -0.2) is 0 Å². The second-order valence-corrected chi connectivity index (χ2v) is 7.88. The Kier molecular flexibility index (Phi) is 8.18. The third-order valence-corrected chi connectivity index (χ3v) is 5.43. The summed E-state index contributed by atoms with van der Waals surface area (Å²) in [7, 11) is 0. The van der Waals surface area contributed by atoms with Gasteiger partial charge in [0.15, 0.2) is 6.61 Å². The zero-order chi connectivity index (χ0) is 19.6. The maximum atomic E-state index is 11.9. The predicted octanol–water partition coefficient (Wildman–Crippen LogP) is 3.55. The summed E-state index contributed by atoms with van der Waals surface area (Å²) >= 11 is 3.38. The van der Waals surface area contributed by atoms with Crippen LogP contribution in [-0.4, -0.2) is 56.7 Å². The average Bonchev–Trinajstić information content (AvgIpc) is 2.74. The summed E-state index contributed by atoms with van der Waals surface area (Å²) in [5.74, 6) is 0.632. The van der Waals surface area contributed by atoms with Gasteiger partial charge in [-0.2, -0.15) is 0 Å². The van der Waals surface area contributed by atoms with Gasteiger partial charge in [0.1, 0.15) is 5.75 Å². The summed E-state index contributed by atoms with van der Waals surface area (Å²) < 4.78 is 6.47. The molecule has 1 saturated heterocycles. The molecule has 1 aliphatic rings. The molecule has 1 heterocycles. The molecule has 0 aromatic heterocycles. The van der Waals surface area contributed by atoms with Crippen LogP contribution in [0.5, 0.6) is 5.75 Å². The van der Waals surface area contributed by atoms with Crippen molar-refractivity contribution in [1.82, 2.24) is 10.2 Å². The Morgan fingerprint density at radius 3 is 2.39 bits per heavy atom. The molecule has 0 unspecified atom stereocenters. The number of hydrogen-bond acceptors (Lipinski definition) is 4. The van der Waals surface area contributed by atoms with Gasteiger partial charge in [0.2, 0.25) is 0 Å². The van der Waals surface area contributed by atoms with Crippen LogP contribution in [0.1, 0.15) is 12.8 Å². The van der Waals surface area contributed by atoms with Gasteiger partial charge in [0, 0.05) is 42.9 Å². The van der Waals surface area contributed by atoms with E-state index in [2.05, 4.69) is 61.4 Å². The van der Waals surface area contributed by atoms with Crippen molar-refractivity contribution in [2.75, 3.05) is 50.8 Å². The monoisotopic (exact) mass is 445 g/mol. The maximum Gasteiger partial charge on any atom is 0.257 e. The van der Waals surface area contributed by atoms with Crippen LogP contribution >= 0.6 is 15.9 Å². The molecular formula is C22H28BrN3O2. The Hall–Kier alpha value is -2.05. The molecule has 1 N–H and O–H groups in total. The number of nitrogens with zero attached hydrogens (tertiary/aromatic N) is 2. The fourth-order valence-electron chi connectivity index (χ4n) is 3.29. The van der Waals surface area contributed by atoms with Crippen molar-refractivity contribution in [3.05, 3.63) is 59.1 Å². The van der Waals surface area contributed by atoms with Crippen molar-refractivity contribution in [3.8, 4) is 5.75 Å². The molecule has 2 aromatic rings. The lowest BCUT2D eigenvalue weighted by Gasteiger charge is -2.36. The minimum atomic E-state index is -0.0700. The van der Waals surface area contributed by atoms with Gasteiger partial charge < -0.3 is 15.0 Å². The van der Waals surface area contributed by atoms with Crippen LogP contribution in [0, 0.1) is 0 Å². The van der Waals surface area contributed by atoms with Gasteiger partial charge in [0.25, 0.3) is 5.91 Å².